The van der Waals surface area contributed by atoms with Gasteiger partial charge in [0.05, 0.1) is 6.04 Å². The molecule has 3 rings (SSSR count). The molecule has 0 spiro atoms. The van der Waals surface area contributed by atoms with E-state index < -0.39 is 0 Å². The Hall–Kier alpha value is -1.80. The fourth-order valence-electron chi connectivity index (χ4n) is 3.41. The summed E-state index contributed by atoms with van der Waals surface area (Å²) in [4.78, 5) is 2.45. The van der Waals surface area contributed by atoms with Crippen LogP contribution in [0, 0.1) is 13.8 Å². The molecule has 0 radical (unpaired) electrons. The minimum Gasteiger partial charge on any atom is -0.367 e. The van der Waals surface area contributed by atoms with Gasteiger partial charge in [-0.1, -0.05) is 42.0 Å². The topological polar surface area (TPSA) is 15.3 Å². The van der Waals surface area contributed by atoms with Crippen molar-refractivity contribution < 1.29 is 0 Å². The van der Waals surface area contributed by atoms with Crippen molar-refractivity contribution in [2.24, 2.45) is 0 Å². The van der Waals surface area contributed by atoms with E-state index in [0.717, 1.165) is 19.5 Å². The zero-order chi connectivity index (χ0) is 14.8. The summed E-state index contributed by atoms with van der Waals surface area (Å²) in [6.45, 7) is 6.41. The second-order valence-electron chi connectivity index (χ2n) is 6.08. The van der Waals surface area contributed by atoms with Crippen molar-refractivity contribution in [3.63, 3.8) is 0 Å². The van der Waals surface area contributed by atoms with Gasteiger partial charge in [0.1, 0.15) is 0 Å². The van der Waals surface area contributed by atoms with E-state index in [1.165, 1.54) is 27.9 Å². The average Bonchev–Trinajstić information content (AvgIpc) is 2.69. The Morgan fingerprint density at radius 2 is 1.90 bits per heavy atom. The predicted octanol–water partition coefficient (Wildman–Crippen LogP) is 3.97. The van der Waals surface area contributed by atoms with Crippen LogP contribution in [0.1, 0.15) is 34.7 Å². The highest BCUT2D eigenvalue weighted by Gasteiger charge is 2.22. The first-order valence-corrected chi connectivity index (χ1v) is 7.75. The standard InChI is InChI=1S/C19H24N2/c1-14-8-9-18(15(2)12-14)21(3)19-10-11-20-13-16-6-4-5-7-17(16)19/h4-9,12,19-20H,10-11,13H2,1-3H3. The van der Waals surface area contributed by atoms with E-state index in [1.807, 2.05) is 0 Å². The molecule has 0 saturated heterocycles. The molecular weight excluding hydrogens is 256 g/mol. The van der Waals surface area contributed by atoms with E-state index in [-0.39, 0.29) is 0 Å². The highest BCUT2D eigenvalue weighted by Crippen LogP contribution is 2.33. The number of anilines is 1. The third-order valence-corrected chi connectivity index (χ3v) is 4.52. The first-order chi connectivity index (χ1) is 10.2. The number of nitrogens with one attached hydrogen (secondary N) is 1. The summed E-state index contributed by atoms with van der Waals surface area (Å²) in [5.74, 6) is 0. The predicted molar refractivity (Wildman–Crippen MR) is 89.8 cm³/mol. The summed E-state index contributed by atoms with van der Waals surface area (Å²) in [7, 11) is 2.23. The molecule has 2 aromatic rings. The van der Waals surface area contributed by atoms with Gasteiger partial charge in [-0.2, -0.15) is 0 Å². The van der Waals surface area contributed by atoms with Crippen LogP contribution in [0.5, 0.6) is 0 Å². The van der Waals surface area contributed by atoms with Crippen LogP contribution >= 0.6 is 0 Å². The number of nitrogens with zero attached hydrogens (tertiary/aromatic N) is 1. The number of benzene rings is 2. The lowest BCUT2D eigenvalue weighted by Gasteiger charge is -2.32. The molecule has 1 aliphatic rings. The number of rotatable bonds is 2. The van der Waals surface area contributed by atoms with Crippen LogP contribution in [-0.2, 0) is 6.54 Å². The van der Waals surface area contributed by atoms with Crippen molar-refractivity contribution in [2.45, 2.75) is 32.9 Å². The minimum atomic E-state index is 0.442. The fourth-order valence-corrected chi connectivity index (χ4v) is 3.41. The first-order valence-electron chi connectivity index (χ1n) is 7.75. The summed E-state index contributed by atoms with van der Waals surface area (Å²) in [5, 5.41) is 3.54. The van der Waals surface area contributed by atoms with Gasteiger partial charge in [0, 0.05) is 19.3 Å². The molecule has 0 aliphatic carbocycles. The lowest BCUT2D eigenvalue weighted by molar-refractivity contribution is 0.589. The van der Waals surface area contributed by atoms with Crippen LogP contribution in [-0.4, -0.2) is 13.6 Å². The molecule has 1 heterocycles. The average molecular weight is 280 g/mol. The molecule has 21 heavy (non-hydrogen) atoms. The third kappa shape index (κ3) is 2.81. The summed E-state index contributed by atoms with van der Waals surface area (Å²) in [5.41, 5.74) is 6.91. The highest BCUT2D eigenvalue weighted by molar-refractivity contribution is 5.56. The van der Waals surface area contributed by atoms with Crippen LogP contribution in [0.4, 0.5) is 5.69 Å². The molecule has 2 heteroatoms. The first kappa shape index (κ1) is 14.2. The molecule has 1 unspecified atom stereocenters. The summed E-state index contributed by atoms with van der Waals surface area (Å²) >= 11 is 0. The zero-order valence-corrected chi connectivity index (χ0v) is 13.2. The number of hydrogen-bond acceptors (Lipinski definition) is 2. The largest absolute Gasteiger partial charge is 0.367 e. The Bertz CT molecular complexity index is 633. The van der Waals surface area contributed by atoms with Gasteiger partial charge in [-0.05, 0) is 49.6 Å². The second kappa shape index (κ2) is 5.90. The molecule has 0 fully saturated rings. The summed E-state index contributed by atoms with van der Waals surface area (Å²) in [6.07, 6.45) is 1.14. The van der Waals surface area contributed by atoms with Gasteiger partial charge < -0.3 is 10.2 Å². The highest BCUT2D eigenvalue weighted by atomic mass is 15.1. The zero-order valence-electron chi connectivity index (χ0n) is 13.2. The van der Waals surface area contributed by atoms with Gasteiger partial charge in [0.2, 0.25) is 0 Å². The molecular formula is C19H24N2. The minimum absolute atomic E-state index is 0.442. The van der Waals surface area contributed by atoms with Crippen molar-refractivity contribution >= 4 is 5.69 Å². The lowest BCUT2D eigenvalue weighted by Crippen LogP contribution is -2.26. The molecule has 1 atom stereocenters. The number of hydrogen-bond donors (Lipinski definition) is 1. The van der Waals surface area contributed by atoms with E-state index in [2.05, 4.69) is 73.6 Å². The van der Waals surface area contributed by atoms with E-state index in [1.54, 1.807) is 0 Å². The van der Waals surface area contributed by atoms with Gasteiger partial charge in [0.15, 0.2) is 0 Å². The van der Waals surface area contributed by atoms with Crippen molar-refractivity contribution in [1.29, 1.82) is 0 Å². The van der Waals surface area contributed by atoms with E-state index in [0.29, 0.717) is 6.04 Å². The van der Waals surface area contributed by atoms with Crippen LogP contribution in [0.2, 0.25) is 0 Å². The van der Waals surface area contributed by atoms with Crippen molar-refractivity contribution in [1.82, 2.24) is 5.32 Å². The van der Waals surface area contributed by atoms with Crippen molar-refractivity contribution in [2.75, 3.05) is 18.5 Å². The van der Waals surface area contributed by atoms with Gasteiger partial charge in [-0.25, -0.2) is 0 Å². The monoisotopic (exact) mass is 280 g/mol. The Balaban J connectivity index is 1.99. The molecule has 0 bridgehead atoms. The summed E-state index contributed by atoms with van der Waals surface area (Å²) < 4.78 is 0. The van der Waals surface area contributed by atoms with Crippen LogP contribution in [0.25, 0.3) is 0 Å². The molecule has 0 aromatic heterocycles. The smallest absolute Gasteiger partial charge is 0.0554 e. The molecule has 0 amide bonds. The van der Waals surface area contributed by atoms with Crippen molar-refractivity contribution in [3.05, 3.63) is 64.7 Å². The molecule has 0 saturated carbocycles. The van der Waals surface area contributed by atoms with E-state index in [4.69, 9.17) is 0 Å². The molecule has 1 N–H and O–H groups in total. The van der Waals surface area contributed by atoms with E-state index >= 15 is 0 Å². The van der Waals surface area contributed by atoms with Crippen LogP contribution in [0.15, 0.2) is 42.5 Å². The fraction of sp³-hybridized carbons (Fsp3) is 0.368. The second-order valence-corrected chi connectivity index (χ2v) is 6.08. The number of aryl methyl sites for hydroxylation is 2. The maximum absolute atomic E-state index is 3.54. The Morgan fingerprint density at radius 1 is 1.10 bits per heavy atom. The van der Waals surface area contributed by atoms with Crippen LogP contribution < -0.4 is 10.2 Å². The maximum atomic E-state index is 3.54. The lowest BCUT2D eigenvalue weighted by atomic mass is 9.97. The van der Waals surface area contributed by atoms with Crippen molar-refractivity contribution in [3.8, 4) is 0 Å². The molecule has 2 aromatic carbocycles. The van der Waals surface area contributed by atoms with Gasteiger partial charge in [-0.3, -0.25) is 0 Å². The van der Waals surface area contributed by atoms with Gasteiger partial charge in [0.25, 0.3) is 0 Å². The third-order valence-electron chi connectivity index (χ3n) is 4.52. The maximum Gasteiger partial charge on any atom is 0.0554 e. The van der Waals surface area contributed by atoms with E-state index in [9.17, 15) is 0 Å². The number of fused-ring (bicyclic) bond motifs is 1. The van der Waals surface area contributed by atoms with Crippen LogP contribution in [0.3, 0.4) is 0 Å². The summed E-state index contributed by atoms with van der Waals surface area (Å²) in [6, 6.07) is 16.0. The molecule has 1 aliphatic heterocycles. The van der Waals surface area contributed by atoms with Gasteiger partial charge >= 0.3 is 0 Å². The SMILES string of the molecule is Cc1ccc(N(C)C2CCNCc3ccccc32)c(C)c1. The Morgan fingerprint density at radius 3 is 2.71 bits per heavy atom. The normalized spacial score (nSPS) is 18.0. The van der Waals surface area contributed by atoms with Gasteiger partial charge in [-0.15, -0.1) is 0 Å². The molecule has 110 valence electrons. The molecule has 2 nitrogen and oxygen atoms in total. The Kier molecular flexibility index (Phi) is 3.98. The Labute approximate surface area is 127 Å². The quantitative estimate of drug-likeness (QED) is 0.895.